The first-order valence-electron chi connectivity index (χ1n) is 9.82. The Bertz CT molecular complexity index is 1130. The van der Waals surface area contributed by atoms with Gasteiger partial charge >= 0.3 is 5.97 Å². The molecule has 1 unspecified atom stereocenters. The first-order chi connectivity index (χ1) is 14.5. The smallest absolute Gasteiger partial charge is 0.337 e. The molecule has 2 amide bonds. The summed E-state index contributed by atoms with van der Waals surface area (Å²) in [7, 11) is 1.34. The van der Waals surface area contributed by atoms with Crippen molar-refractivity contribution in [1.82, 2.24) is 10.3 Å². The number of fused-ring (bicyclic) bond motifs is 2. The fourth-order valence-electron chi connectivity index (χ4n) is 4.03. The van der Waals surface area contributed by atoms with Crippen LogP contribution in [-0.4, -0.2) is 42.5 Å². The van der Waals surface area contributed by atoms with Gasteiger partial charge in [0, 0.05) is 42.7 Å². The minimum absolute atomic E-state index is 0.167. The standard InChI is InChI=1S/C23H23N3O4/c1-14(27)25-20(12-17-13-24-19-6-4-3-5-18(17)19)22(28)26-10-9-15-11-16(23(29)30-2)7-8-21(15)26/h3-8,11,13,20,24H,9-10,12H2,1-2H3,(H,25,27). The number of para-hydroxylation sites is 1. The lowest BCUT2D eigenvalue weighted by Gasteiger charge is -2.24. The zero-order valence-corrected chi connectivity index (χ0v) is 16.9. The zero-order chi connectivity index (χ0) is 21.3. The van der Waals surface area contributed by atoms with Gasteiger partial charge in [-0.25, -0.2) is 4.79 Å². The first-order valence-corrected chi connectivity index (χ1v) is 9.82. The highest BCUT2D eigenvalue weighted by molar-refractivity contribution is 6.02. The number of nitrogens with one attached hydrogen (secondary N) is 2. The van der Waals surface area contributed by atoms with Gasteiger partial charge in [-0.2, -0.15) is 0 Å². The summed E-state index contributed by atoms with van der Waals surface area (Å²) >= 11 is 0. The number of aromatic amines is 1. The lowest BCUT2D eigenvalue weighted by atomic mass is 10.0. The molecule has 1 aromatic heterocycles. The van der Waals surface area contributed by atoms with Gasteiger partial charge in [-0.05, 0) is 41.8 Å². The van der Waals surface area contributed by atoms with Crippen LogP contribution in [0.5, 0.6) is 0 Å². The first kappa shape index (κ1) is 19.7. The molecule has 3 aromatic rings. The van der Waals surface area contributed by atoms with E-state index in [-0.39, 0.29) is 11.8 Å². The van der Waals surface area contributed by atoms with Crippen LogP contribution in [0.15, 0.2) is 48.7 Å². The molecule has 2 heterocycles. The molecule has 1 atom stereocenters. The second kappa shape index (κ2) is 8.02. The van der Waals surface area contributed by atoms with Crippen molar-refractivity contribution in [3.63, 3.8) is 0 Å². The normalized spacial score (nSPS) is 13.7. The van der Waals surface area contributed by atoms with E-state index in [1.807, 2.05) is 30.5 Å². The lowest BCUT2D eigenvalue weighted by molar-refractivity contribution is -0.126. The molecule has 0 bridgehead atoms. The number of H-pyrrole nitrogens is 1. The quantitative estimate of drug-likeness (QED) is 0.639. The largest absolute Gasteiger partial charge is 0.465 e. The molecule has 0 aliphatic carbocycles. The molecule has 0 radical (unpaired) electrons. The van der Waals surface area contributed by atoms with Crippen LogP contribution in [0.3, 0.4) is 0 Å². The summed E-state index contributed by atoms with van der Waals surface area (Å²) in [4.78, 5) is 41.9. The Morgan fingerprint density at radius 3 is 2.77 bits per heavy atom. The molecule has 4 rings (SSSR count). The number of methoxy groups -OCH3 is 1. The van der Waals surface area contributed by atoms with Crippen LogP contribution in [0.25, 0.3) is 10.9 Å². The fourth-order valence-corrected chi connectivity index (χ4v) is 4.03. The number of amides is 2. The molecule has 2 aromatic carbocycles. The number of rotatable bonds is 5. The van der Waals surface area contributed by atoms with E-state index >= 15 is 0 Å². The Morgan fingerprint density at radius 1 is 1.20 bits per heavy atom. The van der Waals surface area contributed by atoms with Gasteiger partial charge in [0.15, 0.2) is 0 Å². The molecule has 30 heavy (non-hydrogen) atoms. The van der Waals surface area contributed by atoms with Crippen molar-refractivity contribution in [2.75, 3.05) is 18.6 Å². The number of nitrogens with zero attached hydrogens (tertiary/aromatic N) is 1. The highest BCUT2D eigenvalue weighted by atomic mass is 16.5. The number of anilines is 1. The third kappa shape index (κ3) is 3.66. The van der Waals surface area contributed by atoms with Crippen LogP contribution >= 0.6 is 0 Å². The van der Waals surface area contributed by atoms with Crippen molar-refractivity contribution in [1.29, 1.82) is 0 Å². The summed E-state index contributed by atoms with van der Waals surface area (Å²) in [6.07, 6.45) is 2.91. The number of benzene rings is 2. The molecule has 0 spiro atoms. The third-order valence-corrected chi connectivity index (χ3v) is 5.44. The Morgan fingerprint density at radius 2 is 2.00 bits per heavy atom. The van der Waals surface area contributed by atoms with E-state index in [2.05, 4.69) is 10.3 Å². The van der Waals surface area contributed by atoms with Gasteiger partial charge in [0.25, 0.3) is 0 Å². The van der Waals surface area contributed by atoms with E-state index in [1.54, 1.807) is 23.1 Å². The van der Waals surface area contributed by atoms with E-state index in [0.717, 1.165) is 27.7 Å². The molecular formula is C23H23N3O4. The van der Waals surface area contributed by atoms with E-state index in [0.29, 0.717) is 24.9 Å². The predicted molar refractivity (Wildman–Crippen MR) is 113 cm³/mol. The van der Waals surface area contributed by atoms with Gasteiger partial charge < -0.3 is 19.9 Å². The summed E-state index contributed by atoms with van der Waals surface area (Å²) in [5.41, 5.74) is 4.10. The van der Waals surface area contributed by atoms with Crippen molar-refractivity contribution in [3.8, 4) is 0 Å². The van der Waals surface area contributed by atoms with Crippen molar-refractivity contribution in [3.05, 3.63) is 65.4 Å². The monoisotopic (exact) mass is 405 g/mol. The number of carbonyl (C=O) groups excluding carboxylic acids is 3. The molecule has 0 fully saturated rings. The number of ether oxygens (including phenoxy) is 1. The van der Waals surface area contributed by atoms with Gasteiger partial charge in [0.1, 0.15) is 6.04 Å². The maximum Gasteiger partial charge on any atom is 0.337 e. The van der Waals surface area contributed by atoms with E-state index in [9.17, 15) is 14.4 Å². The highest BCUT2D eigenvalue weighted by Crippen LogP contribution is 2.30. The van der Waals surface area contributed by atoms with Crippen LogP contribution in [0.4, 0.5) is 5.69 Å². The second-order valence-electron chi connectivity index (χ2n) is 7.39. The molecule has 2 N–H and O–H groups in total. The third-order valence-electron chi connectivity index (χ3n) is 5.44. The fraction of sp³-hybridized carbons (Fsp3) is 0.261. The van der Waals surface area contributed by atoms with Gasteiger partial charge in [0.05, 0.1) is 12.7 Å². The van der Waals surface area contributed by atoms with Crippen molar-refractivity contribution in [2.45, 2.75) is 25.8 Å². The highest BCUT2D eigenvalue weighted by Gasteiger charge is 2.31. The zero-order valence-electron chi connectivity index (χ0n) is 16.9. The van der Waals surface area contributed by atoms with Crippen molar-refractivity contribution >= 4 is 34.4 Å². The summed E-state index contributed by atoms with van der Waals surface area (Å²) < 4.78 is 4.78. The number of hydrogen-bond donors (Lipinski definition) is 2. The topological polar surface area (TPSA) is 91.5 Å². The van der Waals surface area contributed by atoms with Crippen molar-refractivity contribution in [2.24, 2.45) is 0 Å². The SMILES string of the molecule is COC(=O)c1ccc2c(c1)CCN2C(=O)C(Cc1c[nH]c2ccccc12)NC(C)=O. The van der Waals surface area contributed by atoms with Crippen LogP contribution in [0.1, 0.15) is 28.4 Å². The maximum atomic E-state index is 13.4. The Balaban J connectivity index is 1.61. The summed E-state index contributed by atoms with van der Waals surface area (Å²) in [5.74, 6) is -0.827. The Hall–Kier alpha value is -3.61. The number of esters is 1. The predicted octanol–water partition coefficient (Wildman–Crippen LogP) is 2.59. The molecular weight excluding hydrogens is 382 g/mol. The Labute approximate surface area is 174 Å². The molecule has 1 aliphatic heterocycles. The van der Waals surface area contributed by atoms with Crippen LogP contribution in [0.2, 0.25) is 0 Å². The van der Waals surface area contributed by atoms with Gasteiger partial charge in [-0.3, -0.25) is 9.59 Å². The Kier molecular flexibility index (Phi) is 5.27. The lowest BCUT2D eigenvalue weighted by Crippen LogP contribution is -2.49. The summed E-state index contributed by atoms with van der Waals surface area (Å²) in [6, 6.07) is 12.4. The van der Waals surface area contributed by atoms with Crippen LogP contribution in [0, 0.1) is 0 Å². The van der Waals surface area contributed by atoms with E-state index < -0.39 is 12.0 Å². The van der Waals surface area contributed by atoms with Crippen LogP contribution in [-0.2, 0) is 27.2 Å². The number of hydrogen-bond acceptors (Lipinski definition) is 4. The maximum absolute atomic E-state index is 13.4. The molecule has 0 saturated carbocycles. The van der Waals surface area contributed by atoms with E-state index in [4.69, 9.17) is 4.74 Å². The van der Waals surface area contributed by atoms with E-state index in [1.165, 1.54) is 14.0 Å². The molecule has 7 nitrogen and oxygen atoms in total. The number of aromatic nitrogens is 1. The van der Waals surface area contributed by atoms with Gasteiger partial charge in [0.2, 0.25) is 11.8 Å². The summed E-state index contributed by atoms with van der Waals surface area (Å²) in [6.45, 7) is 1.92. The molecule has 1 aliphatic rings. The summed E-state index contributed by atoms with van der Waals surface area (Å²) in [5, 5.41) is 3.84. The van der Waals surface area contributed by atoms with Crippen LogP contribution < -0.4 is 10.2 Å². The van der Waals surface area contributed by atoms with Gasteiger partial charge in [-0.1, -0.05) is 18.2 Å². The van der Waals surface area contributed by atoms with Gasteiger partial charge in [-0.15, -0.1) is 0 Å². The van der Waals surface area contributed by atoms with Crippen molar-refractivity contribution < 1.29 is 19.1 Å². The number of carbonyl (C=O) groups is 3. The molecule has 154 valence electrons. The minimum Gasteiger partial charge on any atom is -0.465 e. The molecule has 0 saturated heterocycles. The minimum atomic E-state index is -0.687. The molecule has 7 heteroatoms. The average Bonchev–Trinajstić information content (AvgIpc) is 3.35. The second-order valence-corrected chi connectivity index (χ2v) is 7.39. The average molecular weight is 405 g/mol.